The topological polar surface area (TPSA) is 63.8 Å². The van der Waals surface area contributed by atoms with Crippen LogP contribution in [0.3, 0.4) is 0 Å². The Hall–Kier alpha value is -1.85. The van der Waals surface area contributed by atoms with Gasteiger partial charge in [-0.1, -0.05) is 6.07 Å². The SMILES string of the molecule is NNC(c1cccnc1)c1cncc(F)c1. The number of hydrogen-bond donors (Lipinski definition) is 2. The summed E-state index contributed by atoms with van der Waals surface area (Å²) in [4.78, 5) is 7.78. The van der Waals surface area contributed by atoms with E-state index in [2.05, 4.69) is 15.4 Å². The Kier molecular flexibility index (Phi) is 3.19. The van der Waals surface area contributed by atoms with Gasteiger partial charge in [0, 0.05) is 18.6 Å². The second kappa shape index (κ2) is 4.78. The van der Waals surface area contributed by atoms with Gasteiger partial charge < -0.3 is 0 Å². The van der Waals surface area contributed by atoms with Gasteiger partial charge in [-0.3, -0.25) is 15.8 Å². The summed E-state index contributed by atoms with van der Waals surface area (Å²) in [5.41, 5.74) is 4.14. The van der Waals surface area contributed by atoms with Crippen molar-refractivity contribution in [1.82, 2.24) is 15.4 Å². The van der Waals surface area contributed by atoms with Gasteiger partial charge in [0.15, 0.2) is 0 Å². The monoisotopic (exact) mass is 218 g/mol. The molecule has 2 aromatic rings. The zero-order valence-electron chi connectivity index (χ0n) is 8.47. The quantitative estimate of drug-likeness (QED) is 0.599. The minimum absolute atomic E-state index is 0.308. The predicted octanol–water partition coefficient (Wildman–Crippen LogP) is 1.17. The van der Waals surface area contributed by atoms with Crippen LogP contribution in [0.25, 0.3) is 0 Å². The van der Waals surface area contributed by atoms with Gasteiger partial charge in [0.1, 0.15) is 5.82 Å². The summed E-state index contributed by atoms with van der Waals surface area (Å²) in [5.74, 6) is 5.07. The first-order chi connectivity index (χ1) is 7.81. The van der Waals surface area contributed by atoms with Crippen molar-refractivity contribution in [2.24, 2.45) is 5.84 Å². The number of halogens is 1. The molecule has 0 aromatic carbocycles. The van der Waals surface area contributed by atoms with Crippen LogP contribution < -0.4 is 11.3 Å². The number of pyridine rings is 2. The number of nitrogens with one attached hydrogen (secondary N) is 1. The van der Waals surface area contributed by atoms with Crippen molar-refractivity contribution in [3.63, 3.8) is 0 Å². The Morgan fingerprint density at radius 3 is 2.62 bits per heavy atom. The van der Waals surface area contributed by atoms with Gasteiger partial charge in [-0.25, -0.2) is 9.82 Å². The Balaban J connectivity index is 2.37. The number of hydrogen-bond acceptors (Lipinski definition) is 4. The number of nitrogens with two attached hydrogens (primary N) is 1. The van der Waals surface area contributed by atoms with E-state index in [1.165, 1.54) is 6.07 Å². The summed E-state index contributed by atoms with van der Waals surface area (Å²) in [6.07, 6.45) is 6.07. The Morgan fingerprint density at radius 2 is 2.00 bits per heavy atom. The van der Waals surface area contributed by atoms with Crippen molar-refractivity contribution in [3.8, 4) is 0 Å². The maximum absolute atomic E-state index is 13.0. The number of aromatic nitrogens is 2. The largest absolute Gasteiger partial charge is 0.271 e. The van der Waals surface area contributed by atoms with E-state index in [0.717, 1.165) is 11.8 Å². The van der Waals surface area contributed by atoms with Crippen LogP contribution in [0, 0.1) is 5.82 Å². The molecule has 2 heterocycles. The fraction of sp³-hybridized carbons (Fsp3) is 0.0909. The fourth-order valence-electron chi connectivity index (χ4n) is 1.52. The van der Waals surface area contributed by atoms with Crippen molar-refractivity contribution in [2.45, 2.75) is 6.04 Å². The summed E-state index contributed by atoms with van der Waals surface area (Å²) in [6.45, 7) is 0. The van der Waals surface area contributed by atoms with Crippen molar-refractivity contribution >= 4 is 0 Å². The van der Waals surface area contributed by atoms with E-state index in [0.29, 0.717) is 5.56 Å². The number of nitrogens with zero attached hydrogens (tertiary/aromatic N) is 2. The maximum atomic E-state index is 13.0. The van der Waals surface area contributed by atoms with Crippen molar-refractivity contribution < 1.29 is 4.39 Å². The van der Waals surface area contributed by atoms with Crippen LogP contribution in [-0.2, 0) is 0 Å². The Morgan fingerprint density at radius 1 is 1.19 bits per heavy atom. The van der Waals surface area contributed by atoms with Crippen molar-refractivity contribution in [2.75, 3.05) is 0 Å². The lowest BCUT2D eigenvalue weighted by Gasteiger charge is -2.15. The third-order valence-corrected chi connectivity index (χ3v) is 2.24. The van der Waals surface area contributed by atoms with E-state index in [4.69, 9.17) is 5.84 Å². The fourth-order valence-corrected chi connectivity index (χ4v) is 1.52. The van der Waals surface area contributed by atoms with Crippen LogP contribution in [0.2, 0.25) is 0 Å². The highest BCUT2D eigenvalue weighted by Crippen LogP contribution is 2.19. The molecular formula is C11H11FN4. The van der Waals surface area contributed by atoms with E-state index in [1.54, 1.807) is 24.7 Å². The van der Waals surface area contributed by atoms with E-state index in [1.807, 2.05) is 6.07 Å². The molecule has 0 amide bonds. The molecule has 2 rings (SSSR count). The summed E-state index contributed by atoms with van der Waals surface area (Å²) < 4.78 is 13.0. The summed E-state index contributed by atoms with van der Waals surface area (Å²) in [7, 11) is 0. The molecule has 82 valence electrons. The molecule has 4 nitrogen and oxygen atoms in total. The number of rotatable bonds is 3. The van der Waals surface area contributed by atoms with E-state index in [-0.39, 0.29) is 11.9 Å². The molecule has 2 aromatic heterocycles. The van der Waals surface area contributed by atoms with Crippen LogP contribution in [-0.4, -0.2) is 9.97 Å². The summed E-state index contributed by atoms with van der Waals surface area (Å²) in [5, 5.41) is 0. The van der Waals surface area contributed by atoms with Gasteiger partial charge in [-0.05, 0) is 23.3 Å². The van der Waals surface area contributed by atoms with Gasteiger partial charge >= 0.3 is 0 Å². The van der Waals surface area contributed by atoms with Crippen LogP contribution >= 0.6 is 0 Å². The highest BCUT2D eigenvalue weighted by molar-refractivity contribution is 5.27. The molecule has 0 saturated heterocycles. The van der Waals surface area contributed by atoms with Crippen LogP contribution in [0.4, 0.5) is 4.39 Å². The first-order valence-electron chi connectivity index (χ1n) is 4.78. The zero-order chi connectivity index (χ0) is 11.4. The van der Waals surface area contributed by atoms with E-state index >= 15 is 0 Å². The second-order valence-electron chi connectivity index (χ2n) is 3.32. The third-order valence-electron chi connectivity index (χ3n) is 2.24. The maximum Gasteiger partial charge on any atom is 0.141 e. The first kappa shape index (κ1) is 10.7. The molecule has 0 bridgehead atoms. The minimum atomic E-state index is -0.387. The highest BCUT2D eigenvalue weighted by Gasteiger charge is 2.13. The molecule has 0 aliphatic heterocycles. The average Bonchev–Trinajstić information content (AvgIpc) is 2.31. The molecule has 0 fully saturated rings. The van der Waals surface area contributed by atoms with Gasteiger partial charge in [-0.2, -0.15) is 0 Å². The van der Waals surface area contributed by atoms with E-state index in [9.17, 15) is 4.39 Å². The highest BCUT2D eigenvalue weighted by atomic mass is 19.1. The molecule has 0 radical (unpaired) electrons. The second-order valence-corrected chi connectivity index (χ2v) is 3.32. The third kappa shape index (κ3) is 2.21. The molecule has 5 heteroatoms. The van der Waals surface area contributed by atoms with Crippen LogP contribution in [0.1, 0.15) is 17.2 Å². The smallest absolute Gasteiger partial charge is 0.141 e. The minimum Gasteiger partial charge on any atom is -0.271 e. The van der Waals surface area contributed by atoms with Crippen molar-refractivity contribution in [3.05, 3.63) is 59.9 Å². The summed E-state index contributed by atoms with van der Waals surface area (Å²) in [6, 6.07) is 4.75. The lowest BCUT2D eigenvalue weighted by molar-refractivity contribution is 0.597. The van der Waals surface area contributed by atoms with E-state index < -0.39 is 0 Å². The Bertz CT molecular complexity index is 461. The molecule has 1 unspecified atom stereocenters. The molecule has 3 N–H and O–H groups in total. The van der Waals surface area contributed by atoms with Crippen molar-refractivity contribution in [1.29, 1.82) is 0 Å². The molecule has 0 spiro atoms. The number of hydrazine groups is 1. The average molecular weight is 218 g/mol. The zero-order valence-corrected chi connectivity index (χ0v) is 8.47. The molecule has 0 saturated carbocycles. The Labute approximate surface area is 92.3 Å². The van der Waals surface area contributed by atoms with Gasteiger partial charge in [-0.15, -0.1) is 0 Å². The van der Waals surface area contributed by atoms with Crippen LogP contribution in [0.15, 0.2) is 43.0 Å². The van der Waals surface area contributed by atoms with Crippen LogP contribution in [0.5, 0.6) is 0 Å². The van der Waals surface area contributed by atoms with Gasteiger partial charge in [0.2, 0.25) is 0 Å². The molecule has 0 aliphatic rings. The summed E-state index contributed by atoms with van der Waals surface area (Å²) >= 11 is 0. The van der Waals surface area contributed by atoms with Gasteiger partial charge in [0.05, 0.1) is 12.2 Å². The molecule has 0 aliphatic carbocycles. The van der Waals surface area contributed by atoms with Gasteiger partial charge in [0.25, 0.3) is 0 Å². The lowest BCUT2D eigenvalue weighted by atomic mass is 10.0. The first-order valence-corrected chi connectivity index (χ1v) is 4.78. The predicted molar refractivity (Wildman–Crippen MR) is 57.6 cm³/mol. The molecule has 16 heavy (non-hydrogen) atoms. The normalized spacial score (nSPS) is 12.4. The lowest BCUT2D eigenvalue weighted by Crippen LogP contribution is -2.29. The standard InChI is InChI=1S/C11H11FN4/c12-10-4-9(6-15-7-10)11(16-13)8-2-1-3-14-5-8/h1-7,11,16H,13H2. The molecule has 1 atom stereocenters. The molecular weight excluding hydrogens is 207 g/mol.